The van der Waals surface area contributed by atoms with Gasteiger partial charge in [-0.1, -0.05) is 48.0 Å². The van der Waals surface area contributed by atoms with Crippen LogP contribution in [0, 0.1) is 0 Å². The number of amides is 2. The van der Waals surface area contributed by atoms with Crippen LogP contribution in [0.15, 0.2) is 78.4 Å². The van der Waals surface area contributed by atoms with Crippen molar-refractivity contribution in [3.63, 3.8) is 0 Å². The third-order valence-corrected chi connectivity index (χ3v) is 5.36. The van der Waals surface area contributed by atoms with Gasteiger partial charge < -0.3 is 4.74 Å². The van der Waals surface area contributed by atoms with Gasteiger partial charge in [-0.2, -0.15) is 0 Å². The highest BCUT2D eigenvalue weighted by atomic mass is 35.5. The number of benzene rings is 3. The van der Waals surface area contributed by atoms with E-state index < -0.39 is 11.8 Å². The molecule has 0 saturated carbocycles. The van der Waals surface area contributed by atoms with Crippen LogP contribution in [0.25, 0.3) is 17.2 Å². The largest absolute Gasteiger partial charge is 0.497 e. The average Bonchev–Trinajstić information content (AvgIpc) is 2.78. The summed E-state index contributed by atoms with van der Waals surface area (Å²) in [6.45, 7) is 0. The Bertz CT molecular complexity index is 1220. The van der Waals surface area contributed by atoms with Crippen molar-refractivity contribution in [3.8, 4) is 16.9 Å². The fourth-order valence-corrected chi connectivity index (χ4v) is 3.72. The van der Waals surface area contributed by atoms with Crippen LogP contribution in [0.1, 0.15) is 5.56 Å². The molecule has 3 aromatic rings. The third-order valence-electron chi connectivity index (χ3n) is 4.83. The van der Waals surface area contributed by atoms with E-state index in [0.717, 1.165) is 16.7 Å². The van der Waals surface area contributed by atoms with E-state index in [4.69, 9.17) is 28.6 Å². The molecule has 1 aliphatic heterocycles. The van der Waals surface area contributed by atoms with Gasteiger partial charge in [0.05, 0.1) is 12.8 Å². The van der Waals surface area contributed by atoms with Crippen molar-refractivity contribution < 1.29 is 14.3 Å². The first-order valence-corrected chi connectivity index (χ1v) is 10.2. The second kappa shape index (κ2) is 8.71. The van der Waals surface area contributed by atoms with Crippen LogP contribution in [-0.4, -0.2) is 24.0 Å². The molecule has 0 spiro atoms. The zero-order valence-electron chi connectivity index (χ0n) is 16.5. The molecule has 1 heterocycles. The van der Waals surface area contributed by atoms with E-state index in [9.17, 15) is 9.59 Å². The van der Waals surface area contributed by atoms with Gasteiger partial charge in [-0.25, -0.2) is 0 Å². The fourth-order valence-electron chi connectivity index (χ4n) is 3.31. The molecule has 0 aromatic heterocycles. The molecule has 0 bridgehead atoms. The van der Waals surface area contributed by atoms with Gasteiger partial charge in [0, 0.05) is 5.02 Å². The Morgan fingerprint density at radius 1 is 1.00 bits per heavy atom. The SMILES string of the molecule is COc1cccc(-c2ccccc2/C=C2/C(=O)NC(=S)N(c3ccc(Cl)cc3)C2=O)c1. The summed E-state index contributed by atoms with van der Waals surface area (Å²) < 4.78 is 5.32. The van der Waals surface area contributed by atoms with E-state index in [1.807, 2.05) is 48.5 Å². The van der Waals surface area contributed by atoms with Crippen LogP contribution in [0.3, 0.4) is 0 Å². The van der Waals surface area contributed by atoms with Gasteiger partial charge in [0.25, 0.3) is 11.8 Å². The lowest BCUT2D eigenvalue weighted by Gasteiger charge is -2.29. The third kappa shape index (κ3) is 4.21. The molecule has 0 aliphatic carbocycles. The van der Waals surface area contributed by atoms with Gasteiger partial charge in [-0.3, -0.25) is 19.8 Å². The predicted octanol–water partition coefficient (Wildman–Crippen LogP) is 4.85. The number of thiocarbonyl (C=S) groups is 1. The van der Waals surface area contributed by atoms with Crippen LogP contribution in [0.4, 0.5) is 5.69 Å². The molecule has 154 valence electrons. The summed E-state index contributed by atoms with van der Waals surface area (Å²) in [5.41, 5.74) is 2.99. The van der Waals surface area contributed by atoms with Gasteiger partial charge in [-0.05, 0) is 71.4 Å². The van der Waals surface area contributed by atoms with E-state index in [1.165, 1.54) is 4.90 Å². The number of ether oxygens (including phenoxy) is 1. The smallest absolute Gasteiger partial charge is 0.270 e. The Hall–Kier alpha value is -3.48. The summed E-state index contributed by atoms with van der Waals surface area (Å²) in [7, 11) is 1.60. The zero-order valence-corrected chi connectivity index (χ0v) is 18.0. The van der Waals surface area contributed by atoms with E-state index >= 15 is 0 Å². The van der Waals surface area contributed by atoms with Crippen LogP contribution in [0.2, 0.25) is 5.02 Å². The van der Waals surface area contributed by atoms with Crippen molar-refractivity contribution in [2.45, 2.75) is 0 Å². The molecular formula is C24H17ClN2O3S. The summed E-state index contributed by atoms with van der Waals surface area (Å²) in [6, 6.07) is 21.8. The molecule has 2 amide bonds. The highest BCUT2D eigenvalue weighted by molar-refractivity contribution is 7.80. The van der Waals surface area contributed by atoms with Crippen molar-refractivity contribution in [1.82, 2.24) is 5.32 Å². The van der Waals surface area contributed by atoms with Crippen LogP contribution in [-0.2, 0) is 9.59 Å². The number of nitrogens with zero attached hydrogens (tertiary/aromatic N) is 1. The van der Waals surface area contributed by atoms with Crippen molar-refractivity contribution in [2.75, 3.05) is 12.0 Å². The molecule has 3 aromatic carbocycles. The molecule has 1 saturated heterocycles. The molecule has 0 unspecified atom stereocenters. The van der Waals surface area contributed by atoms with Gasteiger partial charge in [-0.15, -0.1) is 0 Å². The lowest BCUT2D eigenvalue weighted by molar-refractivity contribution is -0.122. The Morgan fingerprint density at radius 3 is 2.48 bits per heavy atom. The highest BCUT2D eigenvalue weighted by Crippen LogP contribution is 2.30. The standard InChI is InChI=1S/C24H17ClN2O3S/c1-30-19-7-4-6-15(13-19)20-8-3-2-5-16(20)14-21-22(28)26-24(31)27(23(21)29)18-11-9-17(25)10-12-18/h2-14H,1H3,(H,26,28,31)/b21-14-. The van der Waals surface area contributed by atoms with Crippen molar-refractivity contribution in [2.24, 2.45) is 0 Å². The zero-order chi connectivity index (χ0) is 22.0. The van der Waals surface area contributed by atoms with Crippen LogP contribution < -0.4 is 15.0 Å². The Balaban J connectivity index is 1.77. The average molecular weight is 449 g/mol. The van der Waals surface area contributed by atoms with Gasteiger partial charge >= 0.3 is 0 Å². The Morgan fingerprint density at radius 2 is 1.74 bits per heavy atom. The summed E-state index contributed by atoms with van der Waals surface area (Å²) in [5, 5.41) is 3.15. The number of hydrogen-bond donors (Lipinski definition) is 1. The maximum Gasteiger partial charge on any atom is 0.270 e. The lowest BCUT2D eigenvalue weighted by atomic mass is 9.97. The van der Waals surface area contributed by atoms with Crippen LogP contribution >= 0.6 is 23.8 Å². The first-order chi connectivity index (χ1) is 15.0. The van der Waals surface area contributed by atoms with Gasteiger partial charge in [0.1, 0.15) is 11.3 Å². The molecule has 0 atom stereocenters. The quantitative estimate of drug-likeness (QED) is 0.352. The lowest BCUT2D eigenvalue weighted by Crippen LogP contribution is -2.54. The second-order valence-electron chi connectivity index (χ2n) is 6.75. The first kappa shape index (κ1) is 20.8. The number of hydrogen-bond acceptors (Lipinski definition) is 4. The maximum absolute atomic E-state index is 13.2. The van der Waals surface area contributed by atoms with Crippen molar-refractivity contribution in [3.05, 3.63) is 89.0 Å². The summed E-state index contributed by atoms with van der Waals surface area (Å²) >= 11 is 11.2. The minimum absolute atomic E-state index is 0.0149. The van der Waals surface area contributed by atoms with Gasteiger partial charge in [0.15, 0.2) is 5.11 Å². The Kier molecular flexibility index (Phi) is 5.84. The van der Waals surface area contributed by atoms with Crippen molar-refractivity contribution in [1.29, 1.82) is 0 Å². The number of anilines is 1. The normalized spacial score (nSPS) is 15.2. The summed E-state index contributed by atoms with van der Waals surface area (Å²) in [5.74, 6) is -0.331. The summed E-state index contributed by atoms with van der Waals surface area (Å²) in [6.07, 6.45) is 1.58. The minimum Gasteiger partial charge on any atom is -0.497 e. The monoisotopic (exact) mass is 448 g/mol. The number of methoxy groups -OCH3 is 1. The summed E-state index contributed by atoms with van der Waals surface area (Å²) in [4.78, 5) is 27.2. The van der Waals surface area contributed by atoms with E-state index in [-0.39, 0.29) is 10.7 Å². The molecule has 4 rings (SSSR count). The topological polar surface area (TPSA) is 58.6 Å². The molecule has 0 radical (unpaired) electrons. The minimum atomic E-state index is -0.541. The van der Waals surface area contributed by atoms with E-state index in [1.54, 1.807) is 37.5 Å². The second-order valence-corrected chi connectivity index (χ2v) is 7.58. The molecule has 1 aliphatic rings. The predicted molar refractivity (Wildman–Crippen MR) is 126 cm³/mol. The van der Waals surface area contributed by atoms with E-state index in [2.05, 4.69) is 5.32 Å². The van der Waals surface area contributed by atoms with E-state index in [0.29, 0.717) is 16.5 Å². The number of halogens is 1. The first-order valence-electron chi connectivity index (χ1n) is 9.38. The van der Waals surface area contributed by atoms with Gasteiger partial charge in [0.2, 0.25) is 0 Å². The Labute approximate surface area is 189 Å². The molecule has 5 nitrogen and oxygen atoms in total. The number of nitrogens with one attached hydrogen (secondary N) is 1. The molecule has 1 fully saturated rings. The number of carbonyl (C=O) groups excluding carboxylic acids is 2. The molecule has 1 N–H and O–H groups in total. The highest BCUT2D eigenvalue weighted by Gasteiger charge is 2.34. The maximum atomic E-state index is 13.2. The molecular weight excluding hydrogens is 432 g/mol. The van der Waals surface area contributed by atoms with Crippen molar-refractivity contribution >= 4 is 52.5 Å². The number of rotatable bonds is 4. The fraction of sp³-hybridized carbons (Fsp3) is 0.0417. The molecule has 7 heteroatoms. The van der Waals surface area contributed by atoms with Crippen LogP contribution in [0.5, 0.6) is 5.75 Å². The number of carbonyl (C=O) groups is 2. The molecule has 31 heavy (non-hydrogen) atoms.